The Morgan fingerprint density at radius 3 is 2.69 bits per heavy atom. The number of carbonyl (C=O) groups is 3. The summed E-state index contributed by atoms with van der Waals surface area (Å²) in [6.45, 7) is 2.40. The third-order valence-electron chi connectivity index (χ3n) is 6.96. The number of fused-ring (bicyclic) bond motifs is 3. The monoisotopic (exact) mass is 527 g/mol. The van der Waals surface area contributed by atoms with Crippen LogP contribution in [-0.2, 0) is 37.7 Å². The van der Waals surface area contributed by atoms with Gasteiger partial charge in [0.15, 0.2) is 0 Å². The highest BCUT2D eigenvalue weighted by Gasteiger charge is 2.41. The number of aromatic nitrogens is 1. The molecule has 36 heavy (non-hydrogen) atoms. The Bertz CT molecular complexity index is 1320. The molecule has 2 fully saturated rings. The van der Waals surface area contributed by atoms with Gasteiger partial charge in [-0.15, -0.1) is 11.3 Å². The molecular formula is C26H26ClN3O5S. The number of pyridine rings is 1. The maximum Gasteiger partial charge on any atom is 0.290 e. The van der Waals surface area contributed by atoms with Gasteiger partial charge in [-0.1, -0.05) is 11.6 Å². The number of amides is 2. The van der Waals surface area contributed by atoms with Gasteiger partial charge >= 0.3 is 0 Å². The Morgan fingerprint density at radius 2 is 1.97 bits per heavy atom. The fourth-order valence-electron chi connectivity index (χ4n) is 5.51. The fourth-order valence-corrected chi connectivity index (χ4v) is 6.89. The Morgan fingerprint density at radius 1 is 1.19 bits per heavy atom. The molecule has 2 saturated heterocycles. The Balaban J connectivity index is 0.000000848. The van der Waals surface area contributed by atoms with Crippen LogP contribution in [0.15, 0.2) is 30.5 Å². The van der Waals surface area contributed by atoms with E-state index in [0.29, 0.717) is 26.0 Å². The molecule has 3 aliphatic rings. The molecule has 2 aliphatic heterocycles. The highest BCUT2D eigenvalue weighted by Crippen LogP contribution is 2.47. The predicted octanol–water partition coefficient (Wildman–Crippen LogP) is 4.12. The van der Waals surface area contributed by atoms with Gasteiger partial charge in [0.1, 0.15) is 5.60 Å². The van der Waals surface area contributed by atoms with Gasteiger partial charge in [-0.05, 0) is 60.2 Å². The van der Waals surface area contributed by atoms with E-state index in [2.05, 4.69) is 16.4 Å². The van der Waals surface area contributed by atoms with E-state index in [1.165, 1.54) is 16.0 Å². The van der Waals surface area contributed by atoms with Crippen molar-refractivity contribution >= 4 is 51.4 Å². The van der Waals surface area contributed by atoms with Crippen LogP contribution in [0.2, 0.25) is 5.02 Å². The van der Waals surface area contributed by atoms with Crippen molar-refractivity contribution in [1.82, 2.24) is 15.2 Å². The van der Waals surface area contributed by atoms with Crippen LogP contribution in [0.3, 0.4) is 0 Å². The zero-order chi connectivity index (χ0) is 25.3. The molecule has 2 amide bonds. The SMILES string of the molecule is O=C1CCC(=O)N1Cc1cc2nccc(-c3cc(Cl)cc4c3[C@]3(CCC4)CNCCO3)c2s1.O=CO. The van der Waals surface area contributed by atoms with Crippen LogP contribution in [0.1, 0.15) is 41.7 Å². The van der Waals surface area contributed by atoms with E-state index in [0.717, 1.165) is 63.6 Å². The lowest BCUT2D eigenvalue weighted by atomic mass is 9.74. The first-order valence-corrected chi connectivity index (χ1v) is 13.1. The number of carboxylic acid groups (broad SMARTS) is 1. The topological polar surface area (TPSA) is 109 Å². The number of carbonyl (C=O) groups excluding carboxylic acids is 2. The number of aryl methyl sites for hydroxylation is 1. The van der Waals surface area contributed by atoms with Gasteiger partial charge in [-0.25, -0.2) is 0 Å². The van der Waals surface area contributed by atoms with Crippen LogP contribution in [0.25, 0.3) is 21.3 Å². The van der Waals surface area contributed by atoms with Crippen LogP contribution in [0.5, 0.6) is 0 Å². The van der Waals surface area contributed by atoms with Gasteiger partial charge in [0, 0.05) is 47.6 Å². The summed E-state index contributed by atoms with van der Waals surface area (Å²) in [5, 5.41) is 11.1. The summed E-state index contributed by atoms with van der Waals surface area (Å²) in [4.78, 5) is 39.5. The lowest BCUT2D eigenvalue weighted by Crippen LogP contribution is -2.49. The molecule has 2 N–H and O–H groups in total. The van der Waals surface area contributed by atoms with Crippen LogP contribution in [-0.4, -0.2) is 53.0 Å². The molecule has 1 atom stereocenters. The number of hydrogen-bond donors (Lipinski definition) is 2. The molecule has 2 aromatic heterocycles. The summed E-state index contributed by atoms with van der Waals surface area (Å²) < 4.78 is 7.51. The number of nitrogens with zero attached hydrogens (tertiary/aromatic N) is 2. The van der Waals surface area contributed by atoms with Crippen LogP contribution in [0.4, 0.5) is 0 Å². The number of rotatable bonds is 3. The standard InChI is InChI=1S/C25H24ClN3O3S.CH2O2/c26-16-10-15-2-1-6-25(14-27-8-9-32-25)23(15)19(11-16)18-5-7-28-20-12-17(33-24(18)20)13-29-21(30)3-4-22(29)31;2-1-3/h5,7,10-12,27H,1-4,6,8-9,13-14H2;1H,(H,2,3)/t25-;/m0./s1. The molecule has 0 unspecified atom stereocenters. The minimum atomic E-state index is -0.351. The lowest BCUT2D eigenvalue weighted by Gasteiger charge is -2.43. The average Bonchev–Trinajstić information content (AvgIpc) is 3.42. The number of nitrogens with one attached hydrogen (secondary N) is 1. The van der Waals surface area contributed by atoms with E-state index in [1.807, 2.05) is 24.4 Å². The molecular weight excluding hydrogens is 502 g/mol. The van der Waals surface area contributed by atoms with E-state index in [4.69, 9.17) is 26.2 Å². The number of imide groups is 1. The first-order valence-electron chi connectivity index (χ1n) is 11.9. The second-order valence-corrected chi connectivity index (χ2v) is 10.7. The largest absolute Gasteiger partial charge is 0.483 e. The second kappa shape index (κ2) is 10.3. The normalized spacial score (nSPS) is 21.4. The number of morpholine rings is 1. The highest BCUT2D eigenvalue weighted by molar-refractivity contribution is 7.19. The summed E-state index contributed by atoms with van der Waals surface area (Å²) in [6, 6.07) is 8.17. The van der Waals surface area contributed by atoms with Crippen molar-refractivity contribution in [1.29, 1.82) is 0 Å². The van der Waals surface area contributed by atoms with E-state index in [9.17, 15) is 9.59 Å². The number of benzene rings is 1. The maximum atomic E-state index is 12.1. The second-order valence-electron chi connectivity index (χ2n) is 9.13. The molecule has 10 heteroatoms. The Labute approximate surface area is 217 Å². The maximum absolute atomic E-state index is 12.1. The fraction of sp³-hybridized carbons (Fsp3) is 0.385. The average molecular weight is 528 g/mol. The third kappa shape index (κ3) is 4.52. The minimum absolute atomic E-state index is 0.0987. The smallest absolute Gasteiger partial charge is 0.290 e. The van der Waals surface area contributed by atoms with Gasteiger partial charge < -0.3 is 15.2 Å². The van der Waals surface area contributed by atoms with E-state index < -0.39 is 0 Å². The highest BCUT2D eigenvalue weighted by atomic mass is 35.5. The number of thiophene rings is 1. The minimum Gasteiger partial charge on any atom is -0.483 e. The van der Waals surface area contributed by atoms with Gasteiger partial charge in [0.25, 0.3) is 6.47 Å². The lowest BCUT2D eigenvalue weighted by molar-refractivity contribution is -0.139. The van der Waals surface area contributed by atoms with Crippen molar-refractivity contribution in [3.05, 3.63) is 51.5 Å². The predicted molar refractivity (Wildman–Crippen MR) is 137 cm³/mol. The molecule has 8 nitrogen and oxygen atoms in total. The number of likely N-dealkylation sites (tertiary alicyclic amines) is 1. The van der Waals surface area contributed by atoms with Crippen molar-refractivity contribution in [3.63, 3.8) is 0 Å². The van der Waals surface area contributed by atoms with Crippen molar-refractivity contribution in [2.45, 2.75) is 44.2 Å². The zero-order valence-corrected chi connectivity index (χ0v) is 21.2. The number of halogens is 1. The summed E-state index contributed by atoms with van der Waals surface area (Å²) >= 11 is 8.20. The quantitative estimate of drug-likeness (QED) is 0.389. The first kappa shape index (κ1) is 24.8. The van der Waals surface area contributed by atoms with Crippen molar-refractivity contribution in [3.8, 4) is 11.1 Å². The summed E-state index contributed by atoms with van der Waals surface area (Å²) in [5.41, 5.74) is 5.17. The first-order chi connectivity index (χ1) is 17.5. The summed E-state index contributed by atoms with van der Waals surface area (Å²) in [7, 11) is 0. The number of ether oxygens (including phenoxy) is 1. The molecule has 0 bridgehead atoms. The molecule has 0 saturated carbocycles. The van der Waals surface area contributed by atoms with Gasteiger partial charge in [0.2, 0.25) is 11.8 Å². The summed E-state index contributed by atoms with van der Waals surface area (Å²) in [5.74, 6) is -0.197. The molecule has 1 spiro atoms. The molecule has 0 radical (unpaired) electrons. The van der Waals surface area contributed by atoms with Crippen LogP contribution >= 0.6 is 22.9 Å². The van der Waals surface area contributed by atoms with Crippen molar-refractivity contribution in [2.24, 2.45) is 0 Å². The summed E-state index contributed by atoms with van der Waals surface area (Å²) in [6.07, 6.45) is 5.46. The molecule has 1 aromatic carbocycles. The molecule has 6 rings (SSSR count). The molecule has 4 heterocycles. The van der Waals surface area contributed by atoms with Gasteiger partial charge in [-0.3, -0.25) is 24.3 Å². The molecule has 3 aromatic rings. The zero-order valence-electron chi connectivity index (χ0n) is 19.6. The van der Waals surface area contributed by atoms with Crippen LogP contribution in [0, 0.1) is 0 Å². The van der Waals surface area contributed by atoms with E-state index in [-0.39, 0.29) is 23.9 Å². The third-order valence-corrected chi connectivity index (χ3v) is 8.32. The van der Waals surface area contributed by atoms with Crippen LogP contribution < -0.4 is 5.32 Å². The van der Waals surface area contributed by atoms with Gasteiger partial charge in [0.05, 0.1) is 23.4 Å². The van der Waals surface area contributed by atoms with E-state index in [1.54, 1.807) is 11.3 Å². The Kier molecular flexibility index (Phi) is 7.07. The van der Waals surface area contributed by atoms with Gasteiger partial charge in [-0.2, -0.15) is 0 Å². The Hall–Kier alpha value is -2.85. The molecule has 1 aliphatic carbocycles. The number of hydrogen-bond acceptors (Lipinski definition) is 7. The van der Waals surface area contributed by atoms with Crippen molar-refractivity contribution in [2.75, 3.05) is 19.7 Å². The van der Waals surface area contributed by atoms with Crippen molar-refractivity contribution < 1.29 is 24.2 Å². The molecule has 188 valence electrons. The van der Waals surface area contributed by atoms with E-state index >= 15 is 0 Å².